The number of pyridine rings is 1. The molecule has 3 aromatic rings. The number of nitrogens with one attached hydrogen (secondary N) is 2. The Hall–Kier alpha value is -3.51. The molecule has 2 aromatic carbocycles. The number of carbonyl (C=O) groups excluding carboxylic acids is 2. The molecule has 0 saturated heterocycles. The van der Waals surface area contributed by atoms with E-state index in [-0.39, 0.29) is 17.9 Å². The minimum absolute atomic E-state index is 0.235. The Balaban J connectivity index is 1.51. The van der Waals surface area contributed by atoms with Gasteiger partial charge in [-0.05, 0) is 61.6 Å². The molecule has 1 fully saturated rings. The van der Waals surface area contributed by atoms with Crippen LogP contribution in [0.2, 0.25) is 0 Å². The summed E-state index contributed by atoms with van der Waals surface area (Å²) in [6.07, 6.45) is 6.21. The number of hydrogen-bond donors (Lipinski definition) is 3. The molecule has 2 amide bonds. The van der Waals surface area contributed by atoms with Crippen molar-refractivity contribution in [2.45, 2.75) is 51.7 Å². The van der Waals surface area contributed by atoms with E-state index in [9.17, 15) is 14.7 Å². The van der Waals surface area contributed by atoms with Crippen molar-refractivity contribution < 1.29 is 14.7 Å². The van der Waals surface area contributed by atoms with Crippen LogP contribution in [0.4, 0.5) is 5.69 Å². The lowest BCUT2D eigenvalue weighted by Gasteiger charge is -2.28. The fourth-order valence-electron chi connectivity index (χ4n) is 4.23. The molecule has 6 nitrogen and oxygen atoms in total. The molecule has 6 heteroatoms. The number of anilines is 1. The van der Waals surface area contributed by atoms with E-state index < -0.39 is 6.10 Å². The first-order chi connectivity index (χ1) is 15.9. The van der Waals surface area contributed by atoms with Gasteiger partial charge in [-0.1, -0.05) is 43.2 Å². The smallest absolute Gasteiger partial charge is 0.257 e. The summed E-state index contributed by atoms with van der Waals surface area (Å²) in [5.41, 5.74) is 5.31. The van der Waals surface area contributed by atoms with Crippen LogP contribution in [0.1, 0.15) is 57.5 Å². The van der Waals surface area contributed by atoms with Gasteiger partial charge in [0.1, 0.15) is 0 Å². The molecule has 4 rings (SSSR count). The third-order valence-electron chi connectivity index (χ3n) is 6.25. The normalized spacial score (nSPS) is 17.9. The van der Waals surface area contributed by atoms with Gasteiger partial charge in [0.05, 0.1) is 17.7 Å². The van der Waals surface area contributed by atoms with Gasteiger partial charge >= 0.3 is 0 Å². The van der Waals surface area contributed by atoms with Gasteiger partial charge in [-0.3, -0.25) is 14.6 Å². The minimum Gasteiger partial charge on any atom is -0.391 e. The second-order valence-corrected chi connectivity index (χ2v) is 8.69. The number of amides is 2. The number of benzene rings is 2. The summed E-state index contributed by atoms with van der Waals surface area (Å²) in [5, 5.41) is 16.0. The Kier molecular flexibility index (Phi) is 6.84. The lowest BCUT2D eigenvalue weighted by molar-refractivity contribution is 0.0717. The molecule has 0 aliphatic heterocycles. The van der Waals surface area contributed by atoms with Crippen LogP contribution in [0, 0.1) is 13.8 Å². The molecule has 1 aromatic heterocycles. The predicted octanol–water partition coefficient (Wildman–Crippen LogP) is 4.65. The molecule has 170 valence electrons. The van der Waals surface area contributed by atoms with E-state index >= 15 is 0 Å². The van der Waals surface area contributed by atoms with Crippen LogP contribution in [0.25, 0.3) is 11.1 Å². The Morgan fingerprint density at radius 2 is 1.70 bits per heavy atom. The molecule has 1 saturated carbocycles. The van der Waals surface area contributed by atoms with E-state index in [4.69, 9.17) is 0 Å². The Bertz CT molecular complexity index is 1170. The lowest BCUT2D eigenvalue weighted by atomic mass is 9.92. The molecular formula is C27H29N3O3. The van der Waals surface area contributed by atoms with E-state index in [0.717, 1.165) is 41.5 Å². The molecule has 3 N–H and O–H groups in total. The van der Waals surface area contributed by atoms with Gasteiger partial charge in [-0.2, -0.15) is 0 Å². The molecule has 0 unspecified atom stereocenters. The van der Waals surface area contributed by atoms with Crippen molar-refractivity contribution in [3.63, 3.8) is 0 Å². The first kappa shape index (κ1) is 22.7. The van der Waals surface area contributed by atoms with Crippen LogP contribution in [0.15, 0.2) is 60.9 Å². The van der Waals surface area contributed by atoms with E-state index in [1.807, 2.05) is 50.2 Å². The molecule has 2 atom stereocenters. The van der Waals surface area contributed by atoms with E-state index in [1.54, 1.807) is 18.3 Å². The van der Waals surface area contributed by atoms with Gasteiger partial charge in [0, 0.05) is 29.2 Å². The molecule has 0 radical (unpaired) electrons. The van der Waals surface area contributed by atoms with Gasteiger partial charge in [-0.25, -0.2) is 0 Å². The van der Waals surface area contributed by atoms with Crippen LogP contribution in [-0.2, 0) is 0 Å². The maximum Gasteiger partial charge on any atom is 0.257 e. The van der Waals surface area contributed by atoms with Crippen LogP contribution >= 0.6 is 0 Å². The highest BCUT2D eigenvalue weighted by Gasteiger charge is 2.25. The summed E-state index contributed by atoms with van der Waals surface area (Å²) < 4.78 is 0. The average molecular weight is 444 g/mol. The standard InChI is InChI=1S/C27H29N3O3/c1-17-7-3-4-8-22(17)20-13-21(16-28-15-20)27(33)30-24-14-19(12-11-18(24)2)26(32)29-23-9-5-6-10-25(23)31/h3-4,7-8,11-16,23,25,31H,5-6,9-10H2,1-2H3,(H,29,32)(H,30,33)/t23-,25-/m0/s1. The monoisotopic (exact) mass is 443 g/mol. The number of hydrogen-bond acceptors (Lipinski definition) is 4. The summed E-state index contributed by atoms with van der Waals surface area (Å²) in [6.45, 7) is 3.90. The van der Waals surface area contributed by atoms with Crippen molar-refractivity contribution in [2.24, 2.45) is 0 Å². The Morgan fingerprint density at radius 1 is 0.909 bits per heavy atom. The van der Waals surface area contributed by atoms with Crippen molar-refractivity contribution in [2.75, 3.05) is 5.32 Å². The van der Waals surface area contributed by atoms with E-state index in [2.05, 4.69) is 15.6 Å². The zero-order valence-corrected chi connectivity index (χ0v) is 19.0. The molecule has 1 aliphatic carbocycles. The molecular weight excluding hydrogens is 414 g/mol. The van der Waals surface area contributed by atoms with Crippen molar-refractivity contribution >= 4 is 17.5 Å². The zero-order valence-electron chi connectivity index (χ0n) is 19.0. The molecule has 1 heterocycles. The van der Waals surface area contributed by atoms with Gasteiger partial charge in [0.25, 0.3) is 11.8 Å². The summed E-state index contributed by atoms with van der Waals surface area (Å²) in [6, 6.07) is 14.8. The largest absolute Gasteiger partial charge is 0.391 e. The Labute approximate surface area is 194 Å². The molecule has 33 heavy (non-hydrogen) atoms. The number of aliphatic hydroxyl groups excluding tert-OH is 1. The van der Waals surface area contributed by atoms with Gasteiger partial charge in [0.15, 0.2) is 0 Å². The number of carbonyl (C=O) groups is 2. The van der Waals surface area contributed by atoms with Crippen molar-refractivity contribution in [3.05, 3.63) is 83.2 Å². The number of nitrogens with zero attached hydrogens (tertiary/aromatic N) is 1. The summed E-state index contributed by atoms with van der Waals surface area (Å²) in [4.78, 5) is 30.0. The first-order valence-electron chi connectivity index (χ1n) is 11.3. The summed E-state index contributed by atoms with van der Waals surface area (Å²) >= 11 is 0. The molecule has 0 spiro atoms. The van der Waals surface area contributed by atoms with Crippen molar-refractivity contribution in [3.8, 4) is 11.1 Å². The third-order valence-corrected chi connectivity index (χ3v) is 6.25. The highest BCUT2D eigenvalue weighted by atomic mass is 16.3. The number of rotatable bonds is 5. The quantitative estimate of drug-likeness (QED) is 0.535. The highest BCUT2D eigenvalue weighted by molar-refractivity contribution is 6.06. The van der Waals surface area contributed by atoms with E-state index in [1.165, 1.54) is 6.20 Å². The van der Waals surface area contributed by atoms with Gasteiger partial charge < -0.3 is 15.7 Å². The second-order valence-electron chi connectivity index (χ2n) is 8.69. The van der Waals surface area contributed by atoms with Crippen molar-refractivity contribution in [1.82, 2.24) is 10.3 Å². The van der Waals surface area contributed by atoms with Gasteiger partial charge in [-0.15, -0.1) is 0 Å². The van der Waals surface area contributed by atoms with Crippen molar-refractivity contribution in [1.29, 1.82) is 0 Å². The fourth-order valence-corrected chi connectivity index (χ4v) is 4.23. The Morgan fingerprint density at radius 3 is 2.48 bits per heavy atom. The number of aromatic nitrogens is 1. The third kappa shape index (κ3) is 5.29. The van der Waals surface area contributed by atoms with Crippen LogP contribution in [0.5, 0.6) is 0 Å². The number of aliphatic hydroxyl groups is 1. The van der Waals surface area contributed by atoms with Crippen LogP contribution in [-0.4, -0.2) is 34.1 Å². The maximum atomic E-state index is 13.0. The van der Waals surface area contributed by atoms with Gasteiger partial charge in [0.2, 0.25) is 0 Å². The summed E-state index contributed by atoms with van der Waals surface area (Å²) in [7, 11) is 0. The maximum absolute atomic E-state index is 13.0. The summed E-state index contributed by atoms with van der Waals surface area (Å²) in [5.74, 6) is -0.541. The topological polar surface area (TPSA) is 91.3 Å². The lowest BCUT2D eigenvalue weighted by Crippen LogP contribution is -2.45. The predicted molar refractivity (Wildman–Crippen MR) is 129 cm³/mol. The average Bonchev–Trinajstić information content (AvgIpc) is 2.82. The molecule has 1 aliphatic rings. The van der Waals surface area contributed by atoms with Crippen LogP contribution in [0.3, 0.4) is 0 Å². The van der Waals surface area contributed by atoms with E-state index in [0.29, 0.717) is 23.2 Å². The second kappa shape index (κ2) is 9.96. The molecule has 0 bridgehead atoms. The number of aryl methyl sites for hydroxylation is 2. The first-order valence-corrected chi connectivity index (χ1v) is 11.3. The highest BCUT2D eigenvalue weighted by Crippen LogP contribution is 2.24. The fraction of sp³-hybridized carbons (Fsp3) is 0.296. The zero-order chi connectivity index (χ0) is 23.4. The van der Waals surface area contributed by atoms with Crippen LogP contribution < -0.4 is 10.6 Å². The minimum atomic E-state index is -0.514. The SMILES string of the molecule is Cc1ccc(C(=O)N[C@H]2CCCC[C@@H]2O)cc1NC(=O)c1cncc(-c2ccccc2C)c1.